The summed E-state index contributed by atoms with van der Waals surface area (Å²) in [4.78, 5) is 38.9. The number of halogens is 1. The number of amides is 3. The Bertz CT molecular complexity index is 904. The van der Waals surface area contributed by atoms with Gasteiger partial charge in [0.05, 0.1) is 18.0 Å². The summed E-state index contributed by atoms with van der Waals surface area (Å²) in [7, 11) is 0. The Hall–Kier alpha value is -2.32. The van der Waals surface area contributed by atoms with E-state index < -0.39 is 0 Å². The van der Waals surface area contributed by atoms with Gasteiger partial charge in [-0.1, -0.05) is 28.1 Å². The third kappa shape index (κ3) is 4.90. The normalized spacial score (nSPS) is 13.1. The molecule has 3 amide bonds. The number of benzene rings is 2. The molecule has 140 valence electrons. The third-order valence-corrected chi connectivity index (χ3v) is 5.56. The maximum Gasteiger partial charge on any atom is 0.243 e. The van der Waals surface area contributed by atoms with E-state index in [2.05, 4.69) is 26.6 Å². The Morgan fingerprint density at radius 3 is 2.74 bits per heavy atom. The van der Waals surface area contributed by atoms with Crippen molar-refractivity contribution in [3.8, 4) is 0 Å². The van der Waals surface area contributed by atoms with Gasteiger partial charge in [0.15, 0.2) is 0 Å². The first-order valence-corrected chi connectivity index (χ1v) is 10.1. The van der Waals surface area contributed by atoms with Gasteiger partial charge in [0.25, 0.3) is 0 Å². The zero-order chi connectivity index (χ0) is 19.4. The van der Waals surface area contributed by atoms with Gasteiger partial charge < -0.3 is 15.5 Å². The minimum atomic E-state index is -0.382. The van der Waals surface area contributed by atoms with Gasteiger partial charge in [-0.05, 0) is 42.8 Å². The van der Waals surface area contributed by atoms with Gasteiger partial charge in [0, 0.05) is 15.1 Å². The lowest BCUT2D eigenvalue weighted by Gasteiger charge is -2.28. The molecular weight excluding hydrogens is 430 g/mol. The molecule has 0 bridgehead atoms. The predicted octanol–water partition coefficient (Wildman–Crippen LogP) is 2.95. The van der Waals surface area contributed by atoms with Crippen molar-refractivity contribution < 1.29 is 14.4 Å². The maximum absolute atomic E-state index is 12.2. The van der Waals surface area contributed by atoms with Gasteiger partial charge in [0.2, 0.25) is 17.7 Å². The number of hydrogen-bond acceptors (Lipinski definition) is 4. The topological polar surface area (TPSA) is 78.5 Å². The van der Waals surface area contributed by atoms with Crippen LogP contribution in [0.3, 0.4) is 0 Å². The zero-order valence-electron chi connectivity index (χ0n) is 14.6. The fourth-order valence-corrected chi connectivity index (χ4v) is 4.08. The summed E-state index contributed by atoms with van der Waals surface area (Å²) < 4.78 is 0.927. The molecule has 2 aromatic rings. The van der Waals surface area contributed by atoms with Crippen molar-refractivity contribution >= 4 is 56.8 Å². The minimum Gasteiger partial charge on any atom is -0.345 e. The number of hydrogen-bond donors (Lipinski definition) is 2. The molecule has 0 aliphatic carbocycles. The molecule has 0 spiro atoms. The van der Waals surface area contributed by atoms with Crippen LogP contribution >= 0.6 is 27.7 Å². The van der Waals surface area contributed by atoms with E-state index in [0.29, 0.717) is 11.4 Å². The first-order chi connectivity index (χ1) is 12.9. The van der Waals surface area contributed by atoms with E-state index in [9.17, 15) is 14.4 Å². The minimum absolute atomic E-state index is 0.110. The summed E-state index contributed by atoms with van der Waals surface area (Å²) in [5.41, 5.74) is 2.33. The fourth-order valence-electron chi connectivity index (χ4n) is 2.67. The molecule has 27 heavy (non-hydrogen) atoms. The van der Waals surface area contributed by atoms with Crippen molar-refractivity contribution in [1.29, 1.82) is 0 Å². The Labute approximate surface area is 169 Å². The van der Waals surface area contributed by atoms with Crippen LogP contribution in [0.15, 0.2) is 51.8 Å². The van der Waals surface area contributed by atoms with Gasteiger partial charge in [-0.15, -0.1) is 11.8 Å². The first-order valence-electron chi connectivity index (χ1n) is 8.29. The molecule has 1 aliphatic heterocycles. The van der Waals surface area contributed by atoms with Crippen LogP contribution in [0.1, 0.15) is 5.56 Å². The molecular formula is C19H18BrN3O3S. The van der Waals surface area contributed by atoms with Crippen LogP contribution in [-0.4, -0.2) is 36.6 Å². The SMILES string of the molecule is Cc1cc(Br)ccc1NC(=O)CNC(=O)CN1C(=O)CSc2ccccc21. The summed E-state index contributed by atoms with van der Waals surface area (Å²) in [6.07, 6.45) is 0. The lowest BCUT2D eigenvalue weighted by molar-refractivity contribution is -0.124. The van der Waals surface area contributed by atoms with E-state index in [1.165, 1.54) is 16.7 Å². The van der Waals surface area contributed by atoms with Crippen LogP contribution in [0.4, 0.5) is 11.4 Å². The number of carbonyl (C=O) groups excluding carboxylic acids is 3. The second-order valence-electron chi connectivity index (χ2n) is 6.02. The lowest BCUT2D eigenvalue weighted by atomic mass is 10.2. The zero-order valence-corrected chi connectivity index (χ0v) is 17.0. The second kappa shape index (κ2) is 8.58. The van der Waals surface area contributed by atoms with Crippen LogP contribution in [0.5, 0.6) is 0 Å². The van der Waals surface area contributed by atoms with Gasteiger partial charge in [0.1, 0.15) is 6.54 Å². The van der Waals surface area contributed by atoms with E-state index in [4.69, 9.17) is 0 Å². The molecule has 0 fully saturated rings. The average Bonchev–Trinajstić information content (AvgIpc) is 2.65. The van der Waals surface area contributed by atoms with Crippen molar-refractivity contribution in [2.75, 3.05) is 29.1 Å². The Kier molecular flexibility index (Phi) is 6.18. The van der Waals surface area contributed by atoms with Gasteiger partial charge in [-0.2, -0.15) is 0 Å². The Morgan fingerprint density at radius 1 is 1.19 bits per heavy atom. The van der Waals surface area contributed by atoms with E-state index >= 15 is 0 Å². The Balaban J connectivity index is 1.55. The van der Waals surface area contributed by atoms with Crippen LogP contribution in [0.25, 0.3) is 0 Å². The number of nitrogens with zero attached hydrogens (tertiary/aromatic N) is 1. The summed E-state index contributed by atoms with van der Waals surface area (Å²) in [6.45, 7) is 1.62. The third-order valence-electron chi connectivity index (χ3n) is 4.02. The van der Waals surface area contributed by atoms with E-state index in [-0.39, 0.29) is 30.8 Å². The molecule has 6 nitrogen and oxygen atoms in total. The van der Waals surface area contributed by atoms with Crippen LogP contribution in [0, 0.1) is 6.92 Å². The van der Waals surface area contributed by atoms with Crippen molar-refractivity contribution in [2.45, 2.75) is 11.8 Å². The smallest absolute Gasteiger partial charge is 0.243 e. The Morgan fingerprint density at radius 2 is 1.96 bits per heavy atom. The standard InChI is InChI=1S/C19H18BrN3O3S/c1-12-8-13(20)6-7-14(12)22-17(24)9-21-18(25)10-23-15-4-2-3-5-16(15)27-11-19(23)26/h2-8H,9-11H2,1H3,(H,21,25)(H,22,24). The maximum atomic E-state index is 12.2. The molecule has 2 aromatic carbocycles. The quantitative estimate of drug-likeness (QED) is 0.738. The molecule has 0 saturated heterocycles. The van der Waals surface area contributed by atoms with Crippen molar-refractivity contribution in [3.63, 3.8) is 0 Å². The number of rotatable bonds is 5. The number of aryl methyl sites for hydroxylation is 1. The van der Waals surface area contributed by atoms with Crippen molar-refractivity contribution in [1.82, 2.24) is 5.32 Å². The van der Waals surface area contributed by atoms with Gasteiger partial charge in [-0.25, -0.2) is 0 Å². The molecule has 3 rings (SSSR count). The van der Waals surface area contributed by atoms with Crippen LogP contribution in [0.2, 0.25) is 0 Å². The summed E-state index contributed by atoms with van der Waals surface area (Å²) >= 11 is 4.83. The van der Waals surface area contributed by atoms with E-state index in [0.717, 1.165) is 20.6 Å². The summed E-state index contributed by atoms with van der Waals surface area (Å²) in [5, 5.41) is 5.33. The number of fused-ring (bicyclic) bond motifs is 1. The number of thioether (sulfide) groups is 1. The molecule has 0 aromatic heterocycles. The van der Waals surface area contributed by atoms with Gasteiger partial charge in [-0.3, -0.25) is 14.4 Å². The van der Waals surface area contributed by atoms with Crippen LogP contribution in [-0.2, 0) is 14.4 Å². The number of para-hydroxylation sites is 1. The number of nitrogens with one attached hydrogen (secondary N) is 2. The number of anilines is 2. The molecule has 2 N–H and O–H groups in total. The molecule has 0 atom stereocenters. The summed E-state index contributed by atoms with van der Waals surface area (Å²) in [5.74, 6) is -0.528. The number of carbonyl (C=O) groups is 3. The average molecular weight is 448 g/mol. The monoisotopic (exact) mass is 447 g/mol. The van der Waals surface area contributed by atoms with Crippen LogP contribution < -0.4 is 15.5 Å². The van der Waals surface area contributed by atoms with Crippen molar-refractivity contribution in [2.24, 2.45) is 0 Å². The highest BCUT2D eigenvalue weighted by molar-refractivity contribution is 9.10. The molecule has 0 saturated carbocycles. The summed E-state index contributed by atoms with van der Waals surface area (Å²) in [6, 6.07) is 13.0. The molecule has 1 aliphatic rings. The molecule has 0 unspecified atom stereocenters. The van der Waals surface area contributed by atoms with Crippen molar-refractivity contribution in [3.05, 3.63) is 52.5 Å². The predicted molar refractivity (Wildman–Crippen MR) is 110 cm³/mol. The molecule has 0 radical (unpaired) electrons. The lowest BCUT2D eigenvalue weighted by Crippen LogP contribution is -2.44. The second-order valence-corrected chi connectivity index (χ2v) is 7.95. The fraction of sp³-hybridized carbons (Fsp3) is 0.211. The van der Waals surface area contributed by atoms with E-state index in [1.54, 1.807) is 6.07 Å². The molecule has 8 heteroatoms. The van der Waals surface area contributed by atoms with Gasteiger partial charge >= 0.3 is 0 Å². The van der Waals surface area contributed by atoms with E-state index in [1.807, 2.05) is 43.3 Å². The largest absolute Gasteiger partial charge is 0.345 e. The highest BCUT2D eigenvalue weighted by Gasteiger charge is 2.26. The molecule has 1 heterocycles. The first kappa shape index (κ1) is 19.4. The highest BCUT2D eigenvalue weighted by Crippen LogP contribution is 2.34. The highest BCUT2D eigenvalue weighted by atomic mass is 79.9.